The second kappa shape index (κ2) is 2.59. The maximum atomic E-state index is 4.64. The lowest BCUT2D eigenvalue weighted by atomic mass is 11.0. The van der Waals surface area contributed by atoms with Gasteiger partial charge in [-0.15, -0.1) is 11.3 Å². The molecule has 0 aliphatic rings. The Morgan fingerprint density at radius 1 is 1.86 bits per heavy atom. The Kier molecular flexibility index (Phi) is 2.02. The van der Waals surface area contributed by atoms with E-state index in [2.05, 4.69) is 16.6 Å². The van der Waals surface area contributed by atoms with Crippen LogP contribution in [0.1, 0.15) is 0 Å². The first-order valence-corrected chi connectivity index (χ1v) is 4.25. The van der Waals surface area contributed by atoms with Crippen molar-refractivity contribution in [2.45, 2.75) is 4.34 Å². The number of rotatable bonds is 1. The van der Waals surface area contributed by atoms with Gasteiger partial charge in [0.25, 0.3) is 0 Å². The summed E-state index contributed by atoms with van der Waals surface area (Å²) in [6, 6.07) is 0. The molecule has 0 bridgehead atoms. The Bertz CT molecular complexity index is 125. The first-order chi connectivity index (χ1) is 3.43. The molecule has 7 heavy (non-hydrogen) atoms. The Balaban J connectivity index is 2.76. The van der Waals surface area contributed by atoms with Crippen LogP contribution in [0.3, 0.4) is 0 Å². The van der Waals surface area contributed by atoms with E-state index in [4.69, 9.17) is 0 Å². The average Bonchev–Trinajstić information content (AvgIpc) is 2.14. The zero-order valence-corrected chi connectivity index (χ0v) is 5.78. The molecule has 0 amide bonds. The maximum Gasteiger partial charge on any atom is 0.161 e. The largest absolute Gasteiger partial charge is 0.237 e. The third-order valence-corrected chi connectivity index (χ3v) is 2.62. The van der Waals surface area contributed by atoms with E-state index in [1.807, 2.05) is 5.38 Å². The van der Waals surface area contributed by atoms with Gasteiger partial charge in [0, 0.05) is 11.6 Å². The summed E-state index contributed by atoms with van der Waals surface area (Å²) in [5.41, 5.74) is 0. The van der Waals surface area contributed by atoms with Crippen molar-refractivity contribution in [3.63, 3.8) is 0 Å². The molecule has 0 atom stereocenters. The molecule has 0 aliphatic carbocycles. The highest BCUT2D eigenvalue weighted by atomic mass is 33.1. The SMILES string of the molecule is [S]Sc1nccs1. The molecule has 1 aromatic rings. The van der Waals surface area contributed by atoms with Gasteiger partial charge in [0.05, 0.1) is 0 Å². The quantitative estimate of drug-likeness (QED) is 0.567. The molecule has 0 spiro atoms. The zero-order chi connectivity index (χ0) is 5.11. The highest BCUT2D eigenvalue weighted by Crippen LogP contribution is 2.22. The summed E-state index contributed by atoms with van der Waals surface area (Å²) in [4.78, 5) is 3.91. The zero-order valence-electron chi connectivity index (χ0n) is 3.33. The molecule has 0 saturated carbocycles. The smallest absolute Gasteiger partial charge is 0.161 e. The molecular weight excluding hydrogens is 146 g/mol. The second-order valence-corrected chi connectivity index (χ2v) is 3.09. The molecule has 1 nitrogen and oxygen atoms in total. The Hall–Kier alpha value is 0.330. The fraction of sp³-hybridized carbons (Fsp3) is 0. The predicted molar refractivity (Wildman–Crippen MR) is 35.6 cm³/mol. The third-order valence-electron chi connectivity index (χ3n) is 0.481. The van der Waals surface area contributed by atoms with Gasteiger partial charge in [0.1, 0.15) is 0 Å². The molecule has 1 rings (SSSR count). The molecule has 0 unspecified atom stereocenters. The van der Waals surface area contributed by atoms with Crippen LogP contribution in [0, 0.1) is 0 Å². The molecule has 0 N–H and O–H groups in total. The molecule has 37 valence electrons. The fourth-order valence-electron chi connectivity index (χ4n) is 0.252. The summed E-state index contributed by atoms with van der Waals surface area (Å²) in [5, 5.41) is 1.91. The topological polar surface area (TPSA) is 12.9 Å². The number of thiazole rings is 1. The van der Waals surface area contributed by atoms with E-state index in [0.717, 1.165) is 4.34 Å². The van der Waals surface area contributed by atoms with Crippen LogP contribution in [0.2, 0.25) is 0 Å². The van der Waals surface area contributed by atoms with Gasteiger partial charge in [-0.25, -0.2) is 4.98 Å². The van der Waals surface area contributed by atoms with Gasteiger partial charge >= 0.3 is 0 Å². The van der Waals surface area contributed by atoms with Crippen molar-refractivity contribution < 1.29 is 0 Å². The number of hydrogen-bond donors (Lipinski definition) is 0. The highest BCUT2D eigenvalue weighted by molar-refractivity contribution is 8.69. The van der Waals surface area contributed by atoms with Crippen molar-refractivity contribution >= 4 is 33.8 Å². The van der Waals surface area contributed by atoms with E-state index in [0.29, 0.717) is 0 Å². The van der Waals surface area contributed by atoms with E-state index in [9.17, 15) is 0 Å². The monoisotopic (exact) mass is 148 g/mol. The van der Waals surface area contributed by atoms with E-state index in [-0.39, 0.29) is 0 Å². The minimum atomic E-state index is 0.954. The summed E-state index contributed by atoms with van der Waals surface area (Å²) in [6.45, 7) is 0. The predicted octanol–water partition coefficient (Wildman–Crippen LogP) is 2.35. The summed E-state index contributed by atoms with van der Waals surface area (Å²) in [7, 11) is 1.27. The molecule has 0 aliphatic heterocycles. The molecule has 0 saturated heterocycles. The average molecular weight is 148 g/mol. The molecule has 0 aromatic carbocycles. The van der Waals surface area contributed by atoms with Crippen LogP contribution in [-0.2, 0) is 0 Å². The van der Waals surface area contributed by atoms with Crippen molar-refractivity contribution in [1.82, 2.24) is 4.98 Å². The van der Waals surface area contributed by atoms with Crippen molar-refractivity contribution in [2.24, 2.45) is 0 Å². The number of aromatic nitrogens is 1. The van der Waals surface area contributed by atoms with Crippen LogP contribution in [0.25, 0.3) is 0 Å². The van der Waals surface area contributed by atoms with Crippen LogP contribution >= 0.6 is 33.8 Å². The minimum absolute atomic E-state index is 0.954. The summed E-state index contributed by atoms with van der Waals surface area (Å²) in [6.07, 6.45) is 1.75. The van der Waals surface area contributed by atoms with Crippen molar-refractivity contribution in [3.8, 4) is 0 Å². The lowest BCUT2D eigenvalue weighted by molar-refractivity contribution is 1.26. The first kappa shape index (κ1) is 5.47. The van der Waals surface area contributed by atoms with Crippen molar-refractivity contribution in [3.05, 3.63) is 11.6 Å². The van der Waals surface area contributed by atoms with Crippen LogP contribution in [0.4, 0.5) is 0 Å². The Morgan fingerprint density at radius 2 is 2.71 bits per heavy atom. The minimum Gasteiger partial charge on any atom is -0.237 e. The van der Waals surface area contributed by atoms with E-state index < -0.39 is 0 Å². The van der Waals surface area contributed by atoms with Gasteiger partial charge in [0.15, 0.2) is 4.34 Å². The highest BCUT2D eigenvalue weighted by Gasteiger charge is 1.87. The Labute approximate surface area is 55.0 Å². The Morgan fingerprint density at radius 3 is 3.00 bits per heavy atom. The lowest BCUT2D eigenvalue weighted by Crippen LogP contribution is -1.53. The number of hydrogen-bond acceptors (Lipinski definition) is 3. The molecule has 1 heterocycles. The maximum absolute atomic E-state index is 4.64. The van der Waals surface area contributed by atoms with Gasteiger partial charge in [0.2, 0.25) is 0 Å². The van der Waals surface area contributed by atoms with Gasteiger partial charge in [-0.3, -0.25) is 0 Å². The van der Waals surface area contributed by atoms with Gasteiger partial charge in [-0.05, 0) is 22.5 Å². The van der Waals surface area contributed by atoms with Crippen molar-refractivity contribution in [2.75, 3.05) is 0 Å². The normalized spacial score (nSPS) is 9.29. The van der Waals surface area contributed by atoms with E-state index >= 15 is 0 Å². The number of nitrogens with zero attached hydrogens (tertiary/aromatic N) is 1. The van der Waals surface area contributed by atoms with Crippen LogP contribution < -0.4 is 0 Å². The molecule has 1 aromatic heterocycles. The second-order valence-electron chi connectivity index (χ2n) is 0.881. The standard InChI is InChI=1S/C3H2NS3/c5-7-3-4-1-2-6-3/h1-2H. The van der Waals surface area contributed by atoms with E-state index in [1.165, 1.54) is 10.8 Å². The van der Waals surface area contributed by atoms with E-state index in [1.54, 1.807) is 17.5 Å². The lowest BCUT2D eigenvalue weighted by Gasteiger charge is -1.74. The van der Waals surface area contributed by atoms with Gasteiger partial charge < -0.3 is 0 Å². The third kappa shape index (κ3) is 1.36. The summed E-state index contributed by atoms with van der Waals surface area (Å²) >= 11 is 6.21. The van der Waals surface area contributed by atoms with Crippen LogP contribution in [0.15, 0.2) is 15.9 Å². The van der Waals surface area contributed by atoms with Gasteiger partial charge in [-0.2, -0.15) is 0 Å². The van der Waals surface area contributed by atoms with Crippen molar-refractivity contribution in [1.29, 1.82) is 0 Å². The summed E-state index contributed by atoms with van der Waals surface area (Å²) < 4.78 is 0.954. The first-order valence-electron chi connectivity index (χ1n) is 1.63. The molecule has 0 fully saturated rings. The summed E-state index contributed by atoms with van der Waals surface area (Å²) in [5.74, 6) is 0. The molecule has 1 radical (unpaired) electrons. The molecule has 4 heteroatoms. The van der Waals surface area contributed by atoms with Crippen LogP contribution in [-0.4, -0.2) is 4.98 Å². The molecular formula is C3H2NS3. The fourth-order valence-corrected chi connectivity index (χ4v) is 1.52. The van der Waals surface area contributed by atoms with Crippen LogP contribution in [0.5, 0.6) is 0 Å². The van der Waals surface area contributed by atoms with Gasteiger partial charge in [-0.1, -0.05) is 0 Å².